The van der Waals surface area contributed by atoms with E-state index in [1.54, 1.807) is 27.4 Å². The fraction of sp³-hybridized carbons (Fsp3) is 0.400. The molecule has 0 radical (unpaired) electrons. The summed E-state index contributed by atoms with van der Waals surface area (Å²) in [6.45, 7) is 0.541. The average molecular weight is 362 g/mol. The van der Waals surface area contributed by atoms with Crippen molar-refractivity contribution < 1.29 is 28.1 Å². The Morgan fingerprint density at radius 2 is 1.69 bits per heavy atom. The molecule has 2 aromatic carbocycles. The Kier molecular flexibility index (Phi) is 5.40. The van der Waals surface area contributed by atoms with Crippen LogP contribution in [0.5, 0.6) is 28.7 Å². The maximum absolute atomic E-state index is 13.9. The number of rotatable bonds is 6. The fourth-order valence-electron chi connectivity index (χ4n) is 3.37. The van der Waals surface area contributed by atoms with E-state index >= 15 is 0 Å². The molecule has 6 heteroatoms. The predicted molar refractivity (Wildman–Crippen MR) is 95.4 cm³/mol. The number of hydrogen-bond acceptors (Lipinski definition) is 5. The maximum Gasteiger partial charge on any atom is 0.203 e. The minimum atomic E-state index is -0.355. The van der Waals surface area contributed by atoms with Gasteiger partial charge in [-0.15, -0.1) is 0 Å². The summed E-state index contributed by atoms with van der Waals surface area (Å²) in [6, 6.07) is 6.86. The van der Waals surface area contributed by atoms with Crippen LogP contribution in [0.1, 0.15) is 11.1 Å². The SMILES string of the molecule is COc1ccc(CC2COc3cc(OC)c(OC)c(OC)c3C2)cc1F. The molecule has 2 aromatic rings. The standard InChI is InChI=1S/C20H23FO5/c1-22-16-6-5-12(9-15(16)21)7-13-8-14-17(26-11-13)10-18(23-2)20(25-4)19(14)24-3/h5-6,9-10,13H,7-8,11H2,1-4H3. The summed E-state index contributed by atoms with van der Waals surface area (Å²) in [5, 5.41) is 0. The number of fused-ring (bicyclic) bond motifs is 1. The Bertz CT molecular complexity index is 790. The summed E-state index contributed by atoms with van der Waals surface area (Å²) in [6.07, 6.45) is 1.43. The van der Waals surface area contributed by atoms with Crippen molar-refractivity contribution in [3.05, 3.63) is 41.2 Å². The summed E-state index contributed by atoms with van der Waals surface area (Å²) in [5.74, 6) is 2.56. The van der Waals surface area contributed by atoms with Crippen LogP contribution in [-0.4, -0.2) is 35.0 Å². The molecule has 0 amide bonds. The molecule has 1 atom stereocenters. The van der Waals surface area contributed by atoms with Gasteiger partial charge in [-0.3, -0.25) is 0 Å². The lowest BCUT2D eigenvalue weighted by atomic mass is 9.90. The largest absolute Gasteiger partial charge is 0.494 e. The first-order chi connectivity index (χ1) is 12.6. The van der Waals surface area contributed by atoms with Crippen molar-refractivity contribution in [2.24, 2.45) is 5.92 Å². The van der Waals surface area contributed by atoms with Crippen molar-refractivity contribution in [1.82, 2.24) is 0 Å². The Morgan fingerprint density at radius 1 is 0.962 bits per heavy atom. The van der Waals surface area contributed by atoms with Crippen molar-refractivity contribution in [2.75, 3.05) is 35.0 Å². The Morgan fingerprint density at radius 3 is 2.31 bits per heavy atom. The molecule has 1 heterocycles. The Balaban J connectivity index is 1.86. The molecule has 140 valence electrons. The van der Waals surface area contributed by atoms with Gasteiger partial charge in [0.1, 0.15) is 5.75 Å². The van der Waals surface area contributed by atoms with E-state index in [1.807, 2.05) is 12.1 Å². The average Bonchev–Trinajstić information content (AvgIpc) is 2.66. The summed E-state index contributed by atoms with van der Waals surface area (Å²) < 4.78 is 41.2. The van der Waals surface area contributed by atoms with Gasteiger partial charge in [0.25, 0.3) is 0 Å². The molecule has 0 spiro atoms. The Hall–Kier alpha value is -2.63. The summed E-state index contributed by atoms with van der Waals surface area (Å²) in [5.41, 5.74) is 1.84. The molecule has 0 aromatic heterocycles. The van der Waals surface area contributed by atoms with E-state index in [9.17, 15) is 4.39 Å². The maximum atomic E-state index is 13.9. The minimum absolute atomic E-state index is 0.197. The Labute approximate surface area is 152 Å². The van der Waals surface area contributed by atoms with Crippen molar-refractivity contribution in [3.63, 3.8) is 0 Å². The van der Waals surface area contributed by atoms with E-state index in [0.717, 1.165) is 23.3 Å². The third-order valence-corrected chi connectivity index (χ3v) is 4.60. The van der Waals surface area contributed by atoms with E-state index in [1.165, 1.54) is 13.2 Å². The smallest absolute Gasteiger partial charge is 0.203 e. The van der Waals surface area contributed by atoms with E-state index in [4.69, 9.17) is 23.7 Å². The molecule has 0 saturated carbocycles. The summed E-state index contributed by atoms with van der Waals surface area (Å²) >= 11 is 0. The van der Waals surface area contributed by atoms with Gasteiger partial charge in [0.05, 0.1) is 35.0 Å². The lowest BCUT2D eigenvalue weighted by Crippen LogP contribution is -2.23. The van der Waals surface area contributed by atoms with Crippen molar-refractivity contribution in [1.29, 1.82) is 0 Å². The third-order valence-electron chi connectivity index (χ3n) is 4.60. The van der Waals surface area contributed by atoms with Crippen LogP contribution in [0.15, 0.2) is 24.3 Å². The zero-order valence-electron chi connectivity index (χ0n) is 15.4. The van der Waals surface area contributed by atoms with E-state index in [0.29, 0.717) is 30.3 Å². The molecule has 0 saturated heterocycles. The van der Waals surface area contributed by atoms with Gasteiger partial charge < -0.3 is 23.7 Å². The highest BCUT2D eigenvalue weighted by Gasteiger charge is 2.28. The van der Waals surface area contributed by atoms with Gasteiger partial charge in [0.2, 0.25) is 5.75 Å². The minimum Gasteiger partial charge on any atom is -0.494 e. The number of ether oxygens (including phenoxy) is 5. The first-order valence-corrected chi connectivity index (χ1v) is 8.38. The van der Waals surface area contributed by atoms with Crippen LogP contribution in [0.3, 0.4) is 0 Å². The second kappa shape index (κ2) is 7.72. The summed E-state index contributed by atoms with van der Waals surface area (Å²) in [4.78, 5) is 0. The van der Waals surface area contributed by atoms with Crippen LogP contribution in [0.25, 0.3) is 0 Å². The van der Waals surface area contributed by atoms with Crippen LogP contribution < -0.4 is 23.7 Å². The van der Waals surface area contributed by atoms with Gasteiger partial charge in [-0.1, -0.05) is 6.07 Å². The lowest BCUT2D eigenvalue weighted by molar-refractivity contribution is 0.213. The van der Waals surface area contributed by atoms with E-state index in [2.05, 4.69) is 0 Å². The molecule has 3 rings (SSSR count). The molecule has 0 bridgehead atoms. The molecule has 1 aliphatic heterocycles. The second-order valence-corrected chi connectivity index (χ2v) is 6.18. The monoisotopic (exact) mass is 362 g/mol. The van der Waals surface area contributed by atoms with E-state index < -0.39 is 0 Å². The molecule has 0 aliphatic carbocycles. The molecule has 1 aliphatic rings. The van der Waals surface area contributed by atoms with Gasteiger partial charge in [-0.05, 0) is 30.5 Å². The molecular formula is C20H23FO5. The predicted octanol–water partition coefficient (Wildman–Crippen LogP) is 3.65. The van der Waals surface area contributed by atoms with Gasteiger partial charge in [0, 0.05) is 17.5 Å². The number of hydrogen-bond donors (Lipinski definition) is 0. The molecule has 1 unspecified atom stereocenters. The second-order valence-electron chi connectivity index (χ2n) is 6.18. The lowest BCUT2D eigenvalue weighted by Gasteiger charge is -2.28. The molecule has 26 heavy (non-hydrogen) atoms. The van der Waals surface area contributed by atoms with Gasteiger partial charge >= 0.3 is 0 Å². The van der Waals surface area contributed by atoms with Crippen LogP contribution in [-0.2, 0) is 12.8 Å². The zero-order chi connectivity index (χ0) is 18.7. The number of benzene rings is 2. The van der Waals surface area contributed by atoms with Crippen molar-refractivity contribution in [3.8, 4) is 28.7 Å². The molecule has 5 nitrogen and oxygen atoms in total. The van der Waals surface area contributed by atoms with Gasteiger partial charge in [0.15, 0.2) is 23.1 Å². The van der Waals surface area contributed by atoms with Crippen LogP contribution >= 0.6 is 0 Å². The normalized spacial score (nSPS) is 15.7. The highest BCUT2D eigenvalue weighted by Crippen LogP contribution is 2.47. The number of methoxy groups -OCH3 is 4. The fourth-order valence-corrected chi connectivity index (χ4v) is 3.37. The molecule has 0 fully saturated rings. The van der Waals surface area contributed by atoms with Gasteiger partial charge in [-0.25, -0.2) is 4.39 Å². The molecule has 0 N–H and O–H groups in total. The third kappa shape index (κ3) is 3.36. The zero-order valence-corrected chi connectivity index (χ0v) is 15.4. The van der Waals surface area contributed by atoms with Crippen LogP contribution in [0.2, 0.25) is 0 Å². The first kappa shape index (κ1) is 18.2. The summed E-state index contributed by atoms with van der Waals surface area (Å²) in [7, 11) is 6.21. The van der Waals surface area contributed by atoms with Crippen molar-refractivity contribution in [2.45, 2.75) is 12.8 Å². The van der Waals surface area contributed by atoms with Gasteiger partial charge in [-0.2, -0.15) is 0 Å². The van der Waals surface area contributed by atoms with Crippen molar-refractivity contribution >= 4 is 0 Å². The topological polar surface area (TPSA) is 46.2 Å². The highest BCUT2D eigenvalue weighted by atomic mass is 19.1. The first-order valence-electron chi connectivity index (χ1n) is 8.38. The van der Waals surface area contributed by atoms with Crippen LogP contribution in [0.4, 0.5) is 4.39 Å². The number of halogens is 1. The molecular weight excluding hydrogens is 339 g/mol. The van der Waals surface area contributed by atoms with E-state index in [-0.39, 0.29) is 17.5 Å². The highest BCUT2D eigenvalue weighted by molar-refractivity contribution is 5.62. The van der Waals surface area contributed by atoms with Crippen LogP contribution in [0, 0.1) is 11.7 Å². The quantitative estimate of drug-likeness (QED) is 0.785.